The minimum Gasteiger partial charge on any atom is -0.462 e. The van der Waals surface area contributed by atoms with Gasteiger partial charge in [-0.25, -0.2) is 4.79 Å². The summed E-state index contributed by atoms with van der Waals surface area (Å²) in [7, 11) is 1.97. The number of benzene rings is 2. The molecule has 0 bridgehead atoms. The summed E-state index contributed by atoms with van der Waals surface area (Å²) >= 11 is 1.51. The lowest BCUT2D eigenvalue weighted by Crippen LogP contribution is -2.10. The molecule has 0 fully saturated rings. The van der Waals surface area contributed by atoms with E-state index in [2.05, 4.69) is 0 Å². The Morgan fingerprint density at radius 2 is 1.75 bits per heavy atom. The molecule has 0 spiro atoms. The van der Waals surface area contributed by atoms with Crippen LogP contribution in [0.2, 0.25) is 0 Å². The first-order valence-electron chi connectivity index (χ1n) is 6.45. The molecule has 0 saturated carbocycles. The molecule has 0 radical (unpaired) electrons. The molecule has 0 saturated heterocycles. The number of para-hydroxylation sites is 1. The average molecular weight is 287 g/mol. The maximum absolute atomic E-state index is 11.9. The Morgan fingerprint density at radius 3 is 2.45 bits per heavy atom. The quantitative estimate of drug-likeness (QED) is 0.614. The summed E-state index contributed by atoms with van der Waals surface area (Å²) in [5.74, 6) is -0.280. The number of hydrogen-bond acceptors (Lipinski definition) is 4. The molecule has 0 aliphatic rings. The van der Waals surface area contributed by atoms with Gasteiger partial charge >= 0.3 is 5.97 Å². The van der Waals surface area contributed by atoms with Gasteiger partial charge in [0.15, 0.2) is 0 Å². The Bertz CT molecular complexity index is 572. The third kappa shape index (κ3) is 3.54. The standard InChI is InChI=1S/C16H17NO2S/c1-3-19-16(18)14-11-7-8-12-15(14)20-17(2)13-9-5-4-6-10-13/h4-12H,3H2,1-2H3. The van der Waals surface area contributed by atoms with E-state index in [9.17, 15) is 4.79 Å². The van der Waals surface area contributed by atoms with Crippen molar-refractivity contribution in [1.82, 2.24) is 0 Å². The number of carbonyl (C=O) groups is 1. The van der Waals surface area contributed by atoms with Crippen molar-refractivity contribution in [2.45, 2.75) is 11.8 Å². The average Bonchev–Trinajstić information content (AvgIpc) is 2.49. The van der Waals surface area contributed by atoms with Gasteiger partial charge in [-0.3, -0.25) is 0 Å². The lowest BCUT2D eigenvalue weighted by atomic mass is 10.2. The topological polar surface area (TPSA) is 29.5 Å². The number of anilines is 1. The minimum atomic E-state index is -0.280. The van der Waals surface area contributed by atoms with Crippen LogP contribution in [0, 0.1) is 0 Å². The van der Waals surface area contributed by atoms with Gasteiger partial charge in [-0.1, -0.05) is 30.3 Å². The Labute approximate surface area is 123 Å². The molecule has 0 heterocycles. The smallest absolute Gasteiger partial charge is 0.339 e. The fraction of sp³-hybridized carbons (Fsp3) is 0.188. The molecule has 4 heteroatoms. The zero-order valence-electron chi connectivity index (χ0n) is 11.6. The highest BCUT2D eigenvalue weighted by Gasteiger charge is 2.14. The molecule has 0 aliphatic heterocycles. The number of rotatable bonds is 5. The molecule has 3 nitrogen and oxygen atoms in total. The van der Waals surface area contributed by atoms with Crippen LogP contribution in [-0.2, 0) is 4.74 Å². The van der Waals surface area contributed by atoms with E-state index in [1.165, 1.54) is 11.9 Å². The lowest BCUT2D eigenvalue weighted by molar-refractivity contribution is 0.0522. The van der Waals surface area contributed by atoms with E-state index in [0.29, 0.717) is 12.2 Å². The van der Waals surface area contributed by atoms with Crippen molar-refractivity contribution in [2.75, 3.05) is 18.0 Å². The van der Waals surface area contributed by atoms with Crippen LogP contribution in [0.4, 0.5) is 5.69 Å². The van der Waals surface area contributed by atoms with Crippen molar-refractivity contribution < 1.29 is 9.53 Å². The Morgan fingerprint density at radius 1 is 1.10 bits per heavy atom. The summed E-state index contributed by atoms with van der Waals surface area (Å²) in [4.78, 5) is 12.8. The molecule has 104 valence electrons. The van der Waals surface area contributed by atoms with Crippen LogP contribution < -0.4 is 4.31 Å². The van der Waals surface area contributed by atoms with Gasteiger partial charge < -0.3 is 9.04 Å². The van der Waals surface area contributed by atoms with Crippen LogP contribution in [0.25, 0.3) is 0 Å². The van der Waals surface area contributed by atoms with Crippen molar-refractivity contribution in [3.8, 4) is 0 Å². The lowest BCUT2D eigenvalue weighted by Gasteiger charge is -2.19. The molecule has 20 heavy (non-hydrogen) atoms. The molecular formula is C16H17NO2S. The van der Waals surface area contributed by atoms with Crippen molar-refractivity contribution in [1.29, 1.82) is 0 Å². The summed E-state index contributed by atoms with van der Waals surface area (Å²) in [5, 5.41) is 0. The fourth-order valence-electron chi connectivity index (χ4n) is 1.76. The van der Waals surface area contributed by atoms with Crippen LogP contribution in [-0.4, -0.2) is 19.6 Å². The molecule has 0 aliphatic carbocycles. The molecule has 2 aromatic rings. The van der Waals surface area contributed by atoms with Crippen molar-refractivity contribution >= 4 is 23.6 Å². The second-order valence-corrected chi connectivity index (χ2v) is 5.31. The summed E-state index contributed by atoms with van der Waals surface area (Å²) < 4.78 is 7.11. The molecule has 2 aromatic carbocycles. The Kier molecular flexibility index (Phi) is 5.07. The largest absolute Gasteiger partial charge is 0.462 e. The van der Waals surface area contributed by atoms with Gasteiger partial charge in [0.25, 0.3) is 0 Å². The maximum atomic E-state index is 11.9. The first-order chi connectivity index (χ1) is 9.72. The van der Waals surface area contributed by atoms with Crippen molar-refractivity contribution in [3.05, 3.63) is 60.2 Å². The predicted octanol–water partition coefficient (Wildman–Crippen LogP) is 4.01. The van der Waals surface area contributed by atoms with E-state index < -0.39 is 0 Å². The van der Waals surface area contributed by atoms with Crippen LogP contribution in [0.5, 0.6) is 0 Å². The highest BCUT2D eigenvalue weighted by atomic mass is 32.2. The van der Waals surface area contributed by atoms with Gasteiger partial charge in [0, 0.05) is 17.6 Å². The third-order valence-electron chi connectivity index (χ3n) is 2.74. The van der Waals surface area contributed by atoms with E-state index in [-0.39, 0.29) is 5.97 Å². The van der Waals surface area contributed by atoms with Gasteiger partial charge in [-0.2, -0.15) is 0 Å². The molecule has 0 atom stereocenters. The van der Waals surface area contributed by atoms with Gasteiger partial charge in [-0.05, 0) is 43.1 Å². The number of hydrogen-bond donors (Lipinski definition) is 0. The van der Waals surface area contributed by atoms with Crippen LogP contribution >= 0.6 is 11.9 Å². The van der Waals surface area contributed by atoms with E-state index in [1.54, 1.807) is 6.07 Å². The summed E-state index contributed by atoms with van der Waals surface area (Å²) in [5.41, 5.74) is 1.68. The number of esters is 1. The first kappa shape index (κ1) is 14.5. The SMILES string of the molecule is CCOC(=O)c1ccccc1SN(C)c1ccccc1. The molecular weight excluding hydrogens is 270 g/mol. The van der Waals surface area contributed by atoms with Gasteiger partial charge in [-0.15, -0.1) is 0 Å². The highest BCUT2D eigenvalue weighted by Crippen LogP contribution is 2.29. The molecule has 0 amide bonds. The third-order valence-corrected chi connectivity index (χ3v) is 3.77. The molecule has 0 aromatic heterocycles. The summed E-state index contributed by atoms with van der Waals surface area (Å²) in [6.45, 7) is 2.19. The van der Waals surface area contributed by atoms with E-state index in [4.69, 9.17) is 4.74 Å². The normalized spacial score (nSPS) is 10.1. The van der Waals surface area contributed by atoms with E-state index >= 15 is 0 Å². The molecule has 0 N–H and O–H groups in total. The van der Waals surface area contributed by atoms with Gasteiger partial charge in [0.1, 0.15) is 0 Å². The first-order valence-corrected chi connectivity index (χ1v) is 7.22. The van der Waals surface area contributed by atoms with Crippen LogP contribution in [0.3, 0.4) is 0 Å². The maximum Gasteiger partial charge on any atom is 0.339 e. The Balaban J connectivity index is 2.19. The second kappa shape index (κ2) is 7.01. The summed E-state index contributed by atoms with van der Waals surface area (Å²) in [6.07, 6.45) is 0. The van der Waals surface area contributed by atoms with Crippen molar-refractivity contribution in [3.63, 3.8) is 0 Å². The summed E-state index contributed by atoms with van der Waals surface area (Å²) in [6, 6.07) is 17.5. The van der Waals surface area contributed by atoms with Gasteiger partial charge in [0.2, 0.25) is 0 Å². The minimum absolute atomic E-state index is 0.280. The highest BCUT2D eigenvalue weighted by molar-refractivity contribution is 8.00. The Hall–Kier alpha value is -1.94. The number of nitrogens with zero attached hydrogens (tertiary/aromatic N) is 1. The van der Waals surface area contributed by atoms with Crippen LogP contribution in [0.1, 0.15) is 17.3 Å². The van der Waals surface area contributed by atoms with E-state index in [0.717, 1.165) is 10.6 Å². The van der Waals surface area contributed by atoms with Gasteiger partial charge in [0.05, 0.1) is 12.2 Å². The second-order valence-electron chi connectivity index (χ2n) is 4.14. The zero-order chi connectivity index (χ0) is 14.4. The number of ether oxygens (including phenoxy) is 1. The predicted molar refractivity (Wildman–Crippen MR) is 83.1 cm³/mol. The van der Waals surface area contributed by atoms with Crippen LogP contribution in [0.15, 0.2) is 59.5 Å². The number of carbonyl (C=O) groups excluding carboxylic acids is 1. The molecule has 0 unspecified atom stereocenters. The molecule has 2 rings (SSSR count). The van der Waals surface area contributed by atoms with Crippen molar-refractivity contribution in [2.24, 2.45) is 0 Å². The fourth-order valence-corrected chi connectivity index (χ4v) is 2.67. The zero-order valence-corrected chi connectivity index (χ0v) is 12.4. The van der Waals surface area contributed by atoms with E-state index in [1.807, 2.05) is 66.8 Å². The monoisotopic (exact) mass is 287 g/mol.